The highest BCUT2D eigenvalue weighted by atomic mass is 32.1. The van der Waals surface area contributed by atoms with Crippen molar-refractivity contribution in [1.82, 2.24) is 14.9 Å². The molecule has 2 saturated heterocycles. The van der Waals surface area contributed by atoms with E-state index in [1.165, 1.54) is 0 Å². The van der Waals surface area contributed by atoms with Crippen LogP contribution < -0.4 is 4.90 Å². The van der Waals surface area contributed by atoms with Crippen molar-refractivity contribution in [2.45, 2.75) is 26.2 Å². The van der Waals surface area contributed by atoms with Crippen molar-refractivity contribution in [1.29, 1.82) is 0 Å². The van der Waals surface area contributed by atoms with E-state index >= 15 is 0 Å². The third-order valence-electron chi connectivity index (χ3n) is 5.44. The number of methoxy groups -OCH3 is 1. The number of thiophene rings is 1. The van der Waals surface area contributed by atoms with Gasteiger partial charge in [0.2, 0.25) is 5.91 Å². The topological polar surface area (TPSA) is 58.6 Å². The summed E-state index contributed by atoms with van der Waals surface area (Å²) in [5.41, 5.74) is 0.749. The van der Waals surface area contributed by atoms with Crippen molar-refractivity contribution in [3.05, 3.63) is 17.3 Å². The van der Waals surface area contributed by atoms with Crippen molar-refractivity contribution in [3.63, 3.8) is 0 Å². The van der Waals surface area contributed by atoms with Crippen LogP contribution in [-0.4, -0.2) is 60.7 Å². The minimum absolute atomic E-state index is 0.256. The van der Waals surface area contributed by atoms with Gasteiger partial charge in [-0.1, -0.05) is 0 Å². The Bertz CT molecular complexity index is 792. The van der Waals surface area contributed by atoms with E-state index in [0.717, 1.165) is 60.8 Å². The molecule has 0 radical (unpaired) electrons. The summed E-state index contributed by atoms with van der Waals surface area (Å²) in [5.74, 6) is 2.08. The highest BCUT2D eigenvalue weighted by Crippen LogP contribution is 2.42. The summed E-state index contributed by atoms with van der Waals surface area (Å²) in [5, 5.41) is 2.06. The number of hydrogen-bond acceptors (Lipinski definition) is 6. The van der Waals surface area contributed by atoms with Gasteiger partial charge in [0.05, 0.1) is 22.2 Å². The molecule has 2 aromatic rings. The number of rotatable bonds is 4. The second kappa shape index (κ2) is 6.53. The van der Waals surface area contributed by atoms with Crippen molar-refractivity contribution >= 4 is 33.3 Å². The first-order chi connectivity index (χ1) is 12.1. The summed E-state index contributed by atoms with van der Waals surface area (Å²) in [7, 11) is 1.69. The first-order valence-corrected chi connectivity index (χ1v) is 9.76. The van der Waals surface area contributed by atoms with E-state index in [-0.39, 0.29) is 5.41 Å². The Balaban J connectivity index is 1.59. The van der Waals surface area contributed by atoms with Crippen LogP contribution >= 0.6 is 11.3 Å². The first kappa shape index (κ1) is 16.7. The number of nitrogens with zero attached hydrogens (tertiary/aromatic N) is 4. The Morgan fingerprint density at radius 2 is 2.20 bits per heavy atom. The lowest BCUT2D eigenvalue weighted by Crippen LogP contribution is -2.51. The minimum Gasteiger partial charge on any atom is -0.383 e. The number of piperidine rings is 1. The zero-order valence-corrected chi connectivity index (χ0v) is 15.6. The Labute approximate surface area is 151 Å². The number of aryl methyl sites for hydroxylation is 1. The average molecular weight is 360 g/mol. The summed E-state index contributed by atoms with van der Waals surface area (Å²) in [6, 6.07) is 2.04. The van der Waals surface area contributed by atoms with E-state index in [4.69, 9.17) is 9.72 Å². The summed E-state index contributed by atoms with van der Waals surface area (Å²) >= 11 is 1.68. The quantitative estimate of drug-likeness (QED) is 0.838. The Morgan fingerprint density at radius 3 is 3.04 bits per heavy atom. The lowest BCUT2D eigenvalue weighted by Gasteiger charge is -2.39. The summed E-state index contributed by atoms with van der Waals surface area (Å²) in [6.45, 7) is 5.73. The van der Waals surface area contributed by atoms with Gasteiger partial charge >= 0.3 is 0 Å². The number of aromatic nitrogens is 2. The maximum absolute atomic E-state index is 13.1. The normalized spacial score (nSPS) is 24.0. The number of amides is 1. The largest absolute Gasteiger partial charge is 0.383 e. The van der Waals surface area contributed by atoms with Crippen LogP contribution in [0.5, 0.6) is 0 Å². The summed E-state index contributed by atoms with van der Waals surface area (Å²) < 4.78 is 6.29. The van der Waals surface area contributed by atoms with E-state index in [2.05, 4.69) is 15.3 Å². The van der Waals surface area contributed by atoms with Crippen LogP contribution in [-0.2, 0) is 9.53 Å². The van der Waals surface area contributed by atoms with Crippen LogP contribution in [0.2, 0.25) is 0 Å². The molecule has 2 aromatic heterocycles. The molecule has 0 aliphatic carbocycles. The SMILES string of the molecule is COCCN1CCC[C@]2(CCN(c3nc(C)nc4ccsc34)C2)C1=O. The molecular formula is C18H24N4O2S. The molecule has 0 N–H and O–H groups in total. The van der Waals surface area contributed by atoms with E-state index in [1.807, 2.05) is 17.9 Å². The molecule has 6 nitrogen and oxygen atoms in total. The van der Waals surface area contributed by atoms with Crippen LogP contribution in [0.3, 0.4) is 0 Å². The molecule has 2 fully saturated rings. The maximum atomic E-state index is 13.1. The average Bonchev–Trinajstić information content (AvgIpc) is 3.23. The van der Waals surface area contributed by atoms with Gasteiger partial charge in [-0.3, -0.25) is 4.79 Å². The highest BCUT2D eigenvalue weighted by molar-refractivity contribution is 7.17. The molecule has 4 rings (SSSR count). The highest BCUT2D eigenvalue weighted by Gasteiger charge is 2.48. The Morgan fingerprint density at radius 1 is 1.32 bits per heavy atom. The van der Waals surface area contributed by atoms with E-state index in [0.29, 0.717) is 19.1 Å². The molecule has 2 aliphatic heterocycles. The fraction of sp³-hybridized carbons (Fsp3) is 0.611. The molecule has 7 heteroatoms. The van der Waals surface area contributed by atoms with Gasteiger partial charge in [-0.25, -0.2) is 9.97 Å². The Kier molecular flexibility index (Phi) is 4.37. The molecule has 25 heavy (non-hydrogen) atoms. The van der Waals surface area contributed by atoms with Gasteiger partial charge < -0.3 is 14.5 Å². The number of fused-ring (bicyclic) bond motifs is 1. The van der Waals surface area contributed by atoms with Crippen LogP contribution in [0.4, 0.5) is 5.82 Å². The fourth-order valence-electron chi connectivity index (χ4n) is 4.17. The van der Waals surface area contributed by atoms with Crippen LogP contribution in [0.25, 0.3) is 10.2 Å². The maximum Gasteiger partial charge on any atom is 0.230 e. The molecule has 2 aliphatic rings. The fourth-order valence-corrected chi connectivity index (χ4v) is 5.02. The smallest absolute Gasteiger partial charge is 0.230 e. The number of ether oxygens (including phenoxy) is 1. The molecule has 0 unspecified atom stereocenters. The summed E-state index contributed by atoms with van der Waals surface area (Å²) in [6.07, 6.45) is 2.95. The molecule has 0 bridgehead atoms. The zero-order valence-electron chi connectivity index (χ0n) is 14.8. The van der Waals surface area contributed by atoms with Gasteiger partial charge in [-0.05, 0) is 37.6 Å². The van der Waals surface area contributed by atoms with E-state index < -0.39 is 0 Å². The minimum atomic E-state index is -0.256. The second-order valence-corrected chi connectivity index (χ2v) is 7.99. The number of anilines is 1. The van der Waals surface area contributed by atoms with Gasteiger partial charge in [0.1, 0.15) is 11.6 Å². The van der Waals surface area contributed by atoms with E-state index in [9.17, 15) is 4.79 Å². The second-order valence-electron chi connectivity index (χ2n) is 7.07. The van der Waals surface area contributed by atoms with E-state index in [1.54, 1.807) is 18.4 Å². The predicted octanol–water partition coefficient (Wildman–Crippen LogP) is 2.47. The third kappa shape index (κ3) is 2.89. The van der Waals surface area contributed by atoms with Gasteiger partial charge in [-0.15, -0.1) is 11.3 Å². The first-order valence-electron chi connectivity index (χ1n) is 8.88. The van der Waals surface area contributed by atoms with Gasteiger partial charge in [0.15, 0.2) is 0 Å². The molecular weight excluding hydrogens is 336 g/mol. The molecule has 134 valence electrons. The van der Waals surface area contributed by atoms with Gasteiger partial charge in [0, 0.05) is 33.3 Å². The van der Waals surface area contributed by atoms with Crippen molar-refractivity contribution in [2.24, 2.45) is 5.41 Å². The third-order valence-corrected chi connectivity index (χ3v) is 6.34. The lowest BCUT2D eigenvalue weighted by molar-refractivity contribution is -0.145. The summed E-state index contributed by atoms with van der Waals surface area (Å²) in [4.78, 5) is 26.6. The number of carbonyl (C=O) groups is 1. The molecule has 0 saturated carbocycles. The molecule has 1 spiro atoms. The van der Waals surface area contributed by atoms with Crippen LogP contribution in [0.15, 0.2) is 11.4 Å². The molecule has 1 amide bonds. The molecule has 4 heterocycles. The number of carbonyl (C=O) groups excluding carboxylic acids is 1. The van der Waals surface area contributed by atoms with Gasteiger partial charge in [0.25, 0.3) is 0 Å². The predicted molar refractivity (Wildman–Crippen MR) is 99.1 cm³/mol. The zero-order chi connectivity index (χ0) is 17.4. The molecule has 1 atom stereocenters. The molecule has 0 aromatic carbocycles. The monoisotopic (exact) mass is 360 g/mol. The van der Waals surface area contributed by atoms with Crippen LogP contribution in [0, 0.1) is 12.3 Å². The number of likely N-dealkylation sites (tertiary alicyclic amines) is 1. The van der Waals surface area contributed by atoms with Crippen molar-refractivity contribution in [2.75, 3.05) is 44.8 Å². The number of hydrogen-bond donors (Lipinski definition) is 0. The van der Waals surface area contributed by atoms with Crippen molar-refractivity contribution in [3.8, 4) is 0 Å². The lowest BCUT2D eigenvalue weighted by atomic mass is 9.78. The standard InChI is InChI=1S/C18H24N4O2S/c1-13-19-14-4-11-25-15(14)16(20-13)22-8-6-18(12-22)5-3-7-21(17(18)23)9-10-24-2/h4,11H,3,5-10,12H2,1-2H3/t18-/m1/s1. The van der Waals surface area contributed by atoms with Crippen molar-refractivity contribution < 1.29 is 9.53 Å². The van der Waals surface area contributed by atoms with Gasteiger partial charge in [-0.2, -0.15) is 0 Å². The Hall–Kier alpha value is -1.73. The van der Waals surface area contributed by atoms with Crippen LogP contribution in [0.1, 0.15) is 25.1 Å².